The predicted molar refractivity (Wildman–Crippen MR) is 112 cm³/mol. The summed E-state index contributed by atoms with van der Waals surface area (Å²) >= 11 is 0. The molecule has 0 saturated carbocycles. The molecule has 0 unspecified atom stereocenters. The smallest absolute Gasteiger partial charge is 0.225 e. The van der Waals surface area contributed by atoms with E-state index in [4.69, 9.17) is 4.74 Å². The lowest BCUT2D eigenvalue weighted by atomic mass is 10.0. The van der Waals surface area contributed by atoms with Crippen LogP contribution in [0.4, 0.5) is 0 Å². The number of ether oxygens (including phenoxy) is 1. The van der Waals surface area contributed by atoms with Crippen molar-refractivity contribution in [1.82, 2.24) is 15.1 Å². The quantitative estimate of drug-likeness (QED) is 0.783. The third-order valence-electron chi connectivity index (χ3n) is 5.25. The van der Waals surface area contributed by atoms with Gasteiger partial charge < -0.3 is 15.0 Å². The van der Waals surface area contributed by atoms with Crippen molar-refractivity contribution in [1.29, 1.82) is 0 Å². The van der Waals surface area contributed by atoms with Crippen molar-refractivity contribution < 1.29 is 14.3 Å². The minimum atomic E-state index is -0.293. The van der Waals surface area contributed by atoms with Crippen LogP contribution in [0.1, 0.15) is 30.5 Å². The molecule has 0 aromatic heterocycles. The fraction of sp³-hybridized carbons (Fsp3) is 0.391. The zero-order valence-corrected chi connectivity index (χ0v) is 17.1. The van der Waals surface area contributed by atoms with Crippen molar-refractivity contribution in [2.75, 3.05) is 33.3 Å². The van der Waals surface area contributed by atoms with Crippen molar-refractivity contribution in [3.63, 3.8) is 0 Å². The SMILES string of the molecule is COc1ccc(CN2CCN(C(=O)C[C@@H](NC(C)=O)c3ccccc3)CC2)cc1. The Bertz CT molecular complexity index is 800. The van der Waals surface area contributed by atoms with E-state index in [0.29, 0.717) is 13.1 Å². The maximum Gasteiger partial charge on any atom is 0.225 e. The number of carbonyl (C=O) groups excluding carboxylic acids is 2. The molecule has 1 heterocycles. The molecule has 0 spiro atoms. The normalized spacial score (nSPS) is 15.6. The minimum Gasteiger partial charge on any atom is -0.497 e. The summed E-state index contributed by atoms with van der Waals surface area (Å²) in [5.41, 5.74) is 2.19. The van der Waals surface area contributed by atoms with Gasteiger partial charge in [-0.05, 0) is 23.3 Å². The number of nitrogens with zero attached hydrogens (tertiary/aromatic N) is 2. The van der Waals surface area contributed by atoms with Gasteiger partial charge in [0.25, 0.3) is 0 Å². The fourth-order valence-corrected chi connectivity index (χ4v) is 3.63. The van der Waals surface area contributed by atoms with E-state index in [2.05, 4.69) is 22.3 Å². The minimum absolute atomic E-state index is 0.0803. The van der Waals surface area contributed by atoms with Gasteiger partial charge in [-0.25, -0.2) is 0 Å². The van der Waals surface area contributed by atoms with E-state index in [9.17, 15) is 9.59 Å². The fourth-order valence-electron chi connectivity index (χ4n) is 3.63. The highest BCUT2D eigenvalue weighted by atomic mass is 16.5. The van der Waals surface area contributed by atoms with Gasteiger partial charge in [-0.2, -0.15) is 0 Å². The average molecular weight is 396 g/mol. The largest absolute Gasteiger partial charge is 0.497 e. The molecule has 0 bridgehead atoms. The van der Waals surface area contributed by atoms with Gasteiger partial charge in [-0.1, -0.05) is 42.5 Å². The second-order valence-electron chi connectivity index (χ2n) is 7.37. The molecule has 6 heteroatoms. The lowest BCUT2D eigenvalue weighted by molar-refractivity contribution is -0.133. The van der Waals surface area contributed by atoms with Gasteiger partial charge in [-0.3, -0.25) is 14.5 Å². The van der Waals surface area contributed by atoms with Gasteiger partial charge in [0.15, 0.2) is 0 Å². The van der Waals surface area contributed by atoms with Crippen molar-refractivity contribution >= 4 is 11.8 Å². The van der Waals surface area contributed by atoms with Gasteiger partial charge in [0.1, 0.15) is 5.75 Å². The number of rotatable bonds is 7. The Kier molecular flexibility index (Phi) is 7.25. The van der Waals surface area contributed by atoms with Gasteiger partial charge in [0.05, 0.1) is 19.6 Å². The van der Waals surface area contributed by atoms with Gasteiger partial charge in [0, 0.05) is 39.6 Å². The molecule has 2 aromatic rings. The zero-order valence-electron chi connectivity index (χ0n) is 17.1. The number of benzene rings is 2. The van der Waals surface area contributed by atoms with Crippen molar-refractivity contribution in [2.45, 2.75) is 25.9 Å². The van der Waals surface area contributed by atoms with Crippen LogP contribution < -0.4 is 10.1 Å². The second-order valence-corrected chi connectivity index (χ2v) is 7.37. The van der Waals surface area contributed by atoms with Crippen LogP contribution in [0, 0.1) is 0 Å². The number of hydrogen-bond donors (Lipinski definition) is 1. The van der Waals surface area contributed by atoms with Crippen LogP contribution >= 0.6 is 0 Å². The Morgan fingerprint density at radius 3 is 2.24 bits per heavy atom. The van der Waals surface area contributed by atoms with E-state index in [1.165, 1.54) is 12.5 Å². The lowest BCUT2D eigenvalue weighted by Gasteiger charge is -2.35. The Labute approximate surface area is 172 Å². The molecule has 1 N–H and O–H groups in total. The standard InChI is InChI=1S/C23H29N3O3/c1-18(27)24-22(20-6-4-3-5-7-20)16-23(28)26-14-12-25(13-15-26)17-19-8-10-21(29-2)11-9-19/h3-11,22H,12-17H2,1-2H3,(H,24,27)/t22-/m1/s1. The lowest BCUT2D eigenvalue weighted by Crippen LogP contribution is -2.49. The molecule has 1 atom stereocenters. The number of hydrogen-bond acceptors (Lipinski definition) is 4. The number of methoxy groups -OCH3 is 1. The van der Waals surface area contributed by atoms with Crippen LogP contribution in [-0.2, 0) is 16.1 Å². The number of amides is 2. The van der Waals surface area contributed by atoms with Crippen LogP contribution in [0.3, 0.4) is 0 Å². The Hall–Kier alpha value is -2.86. The number of piperazine rings is 1. The van der Waals surface area contributed by atoms with Crippen LogP contribution in [0.25, 0.3) is 0 Å². The van der Waals surface area contributed by atoms with Crippen LogP contribution in [0.5, 0.6) is 5.75 Å². The first-order valence-electron chi connectivity index (χ1n) is 10.0. The average Bonchev–Trinajstić information content (AvgIpc) is 2.74. The maximum absolute atomic E-state index is 12.8. The molecule has 1 saturated heterocycles. The van der Waals surface area contributed by atoms with Gasteiger partial charge in [-0.15, -0.1) is 0 Å². The third-order valence-corrected chi connectivity index (χ3v) is 5.25. The second kappa shape index (κ2) is 10.1. The molecule has 1 aliphatic rings. The molecular formula is C23H29N3O3. The van der Waals surface area contributed by atoms with E-state index in [0.717, 1.165) is 30.9 Å². The molecular weight excluding hydrogens is 366 g/mol. The molecule has 29 heavy (non-hydrogen) atoms. The van der Waals surface area contributed by atoms with Gasteiger partial charge >= 0.3 is 0 Å². The molecule has 0 aliphatic carbocycles. The first-order valence-corrected chi connectivity index (χ1v) is 10.0. The predicted octanol–water partition coefficient (Wildman–Crippen LogP) is 2.61. The molecule has 154 valence electrons. The molecule has 2 amide bonds. The molecule has 3 rings (SSSR count). The monoisotopic (exact) mass is 395 g/mol. The van der Waals surface area contributed by atoms with E-state index in [1.54, 1.807) is 7.11 Å². The number of carbonyl (C=O) groups is 2. The summed E-state index contributed by atoms with van der Waals surface area (Å²) in [5, 5.41) is 2.91. The van der Waals surface area contributed by atoms with E-state index < -0.39 is 0 Å². The molecule has 6 nitrogen and oxygen atoms in total. The highest BCUT2D eigenvalue weighted by molar-refractivity contribution is 5.79. The highest BCUT2D eigenvalue weighted by Gasteiger charge is 2.24. The summed E-state index contributed by atoms with van der Waals surface area (Å²) in [4.78, 5) is 28.7. The Morgan fingerprint density at radius 1 is 1.00 bits per heavy atom. The molecule has 2 aromatic carbocycles. The summed E-state index contributed by atoms with van der Waals surface area (Å²) in [6.45, 7) is 5.44. The van der Waals surface area contributed by atoms with Crippen molar-refractivity contribution in [3.8, 4) is 5.75 Å². The first kappa shape index (κ1) is 20.9. The topological polar surface area (TPSA) is 61.9 Å². The highest BCUT2D eigenvalue weighted by Crippen LogP contribution is 2.19. The Morgan fingerprint density at radius 2 is 1.66 bits per heavy atom. The molecule has 1 fully saturated rings. The van der Waals surface area contributed by atoms with E-state index >= 15 is 0 Å². The summed E-state index contributed by atoms with van der Waals surface area (Å²) < 4.78 is 5.20. The summed E-state index contributed by atoms with van der Waals surface area (Å²) in [6, 6.07) is 17.5. The number of nitrogens with one attached hydrogen (secondary N) is 1. The first-order chi connectivity index (χ1) is 14.0. The van der Waals surface area contributed by atoms with Gasteiger partial charge in [0.2, 0.25) is 11.8 Å². The van der Waals surface area contributed by atoms with Crippen LogP contribution in [0.15, 0.2) is 54.6 Å². The summed E-state index contributed by atoms with van der Waals surface area (Å²) in [5.74, 6) is 0.809. The van der Waals surface area contributed by atoms with Crippen molar-refractivity contribution in [2.24, 2.45) is 0 Å². The zero-order chi connectivity index (χ0) is 20.6. The van der Waals surface area contributed by atoms with Crippen LogP contribution in [-0.4, -0.2) is 54.9 Å². The summed E-state index contributed by atoms with van der Waals surface area (Å²) in [7, 11) is 1.67. The Balaban J connectivity index is 1.52. The maximum atomic E-state index is 12.8. The summed E-state index contributed by atoms with van der Waals surface area (Å²) in [6.07, 6.45) is 0.280. The molecule has 1 aliphatic heterocycles. The van der Waals surface area contributed by atoms with E-state index in [-0.39, 0.29) is 24.3 Å². The van der Waals surface area contributed by atoms with Crippen molar-refractivity contribution in [3.05, 3.63) is 65.7 Å². The van der Waals surface area contributed by atoms with E-state index in [1.807, 2.05) is 47.4 Å². The molecule has 0 radical (unpaired) electrons. The van der Waals surface area contributed by atoms with Crippen LogP contribution in [0.2, 0.25) is 0 Å². The third kappa shape index (κ3) is 6.06.